The van der Waals surface area contributed by atoms with Crippen molar-refractivity contribution in [2.24, 2.45) is 0 Å². The van der Waals surface area contributed by atoms with Gasteiger partial charge in [0.2, 0.25) is 5.91 Å². The SMILES string of the molecule is C=CC(=O)N/C=C\C. The lowest BCUT2D eigenvalue weighted by Crippen LogP contribution is -2.12. The Labute approximate surface area is 48.9 Å². The number of amides is 1. The molecular formula is C6H9NO. The van der Waals surface area contributed by atoms with Crippen LogP contribution >= 0.6 is 0 Å². The lowest BCUT2D eigenvalue weighted by molar-refractivity contribution is -0.115. The molecule has 0 atom stereocenters. The van der Waals surface area contributed by atoms with Gasteiger partial charge in [-0.1, -0.05) is 12.7 Å². The maximum atomic E-state index is 10.3. The van der Waals surface area contributed by atoms with Crippen molar-refractivity contribution in [2.75, 3.05) is 0 Å². The van der Waals surface area contributed by atoms with Crippen LogP contribution in [-0.2, 0) is 4.79 Å². The number of carbonyl (C=O) groups is 1. The van der Waals surface area contributed by atoms with Crippen molar-refractivity contribution >= 4 is 5.91 Å². The van der Waals surface area contributed by atoms with Crippen LogP contribution in [0.25, 0.3) is 0 Å². The molecule has 0 aromatic heterocycles. The molecular weight excluding hydrogens is 102 g/mol. The van der Waals surface area contributed by atoms with Crippen LogP contribution in [-0.4, -0.2) is 5.91 Å². The summed E-state index contributed by atoms with van der Waals surface area (Å²) in [5.41, 5.74) is 0. The topological polar surface area (TPSA) is 29.1 Å². The Morgan fingerprint density at radius 2 is 2.38 bits per heavy atom. The largest absolute Gasteiger partial charge is 0.329 e. The second-order valence-corrected chi connectivity index (χ2v) is 1.21. The first-order chi connectivity index (χ1) is 3.81. The summed E-state index contributed by atoms with van der Waals surface area (Å²) in [6.07, 6.45) is 4.52. The zero-order valence-electron chi connectivity index (χ0n) is 4.85. The van der Waals surface area contributed by atoms with Crippen molar-refractivity contribution in [3.63, 3.8) is 0 Å². The summed E-state index contributed by atoms with van der Waals surface area (Å²) in [4.78, 5) is 10.3. The van der Waals surface area contributed by atoms with Crippen molar-refractivity contribution in [1.29, 1.82) is 0 Å². The molecule has 8 heavy (non-hydrogen) atoms. The van der Waals surface area contributed by atoms with E-state index in [0.29, 0.717) is 0 Å². The summed E-state index contributed by atoms with van der Waals surface area (Å²) in [5.74, 6) is -0.178. The predicted molar refractivity (Wildman–Crippen MR) is 33.2 cm³/mol. The van der Waals surface area contributed by atoms with Gasteiger partial charge in [0.05, 0.1) is 0 Å². The van der Waals surface area contributed by atoms with Crippen LogP contribution < -0.4 is 5.32 Å². The van der Waals surface area contributed by atoms with E-state index in [1.165, 1.54) is 6.08 Å². The van der Waals surface area contributed by atoms with Gasteiger partial charge in [0.15, 0.2) is 0 Å². The van der Waals surface area contributed by atoms with Crippen molar-refractivity contribution in [2.45, 2.75) is 6.92 Å². The van der Waals surface area contributed by atoms with Crippen molar-refractivity contribution < 1.29 is 4.79 Å². The Kier molecular flexibility index (Phi) is 3.58. The summed E-state index contributed by atoms with van der Waals surface area (Å²) < 4.78 is 0. The van der Waals surface area contributed by atoms with E-state index in [-0.39, 0.29) is 5.91 Å². The molecule has 0 heterocycles. The third-order valence-corrected chi connectivity index (χ3v) is 0.578. The Hall–Kier alpha value is -1.05. The highest BCUT2D eigenvalue weighted by molar-refractivity contribution is 5.87. The van der Waals surface area contributed by atoms with Crippen LogP contribution in [0.3, 0.4) is 0 Å². The monoisotopic (exact) mass is 111 g/mol. The Bertz CT molecular complexity index is 116. The lowest BCUT2D eigenvalue weighted by atomic mass is 10.6. The molecule has 0 aliphatic heterocycles. The van der Waals surface area contributed by atoms with E-state index in [9.17, 15) is 4.79 Å². The quantitative estimate of drug-likeness (QED) is 0.525. The van der Waals surface area contributed by atoms with Crippen molar-refractivity contribution in [3.05, 3.63) is 24.9 Å². The number of hydrogen-bond acceptors (Lipinski definition) is 1. The van der Waals surface area contributed by atoms with Crippen LogP contribution in [0.4, 0.5) is 0 Å². The molecule has 0 fully saturated rings. The minimum absolute atomic E-state index is 0.178. The van der Waals surface area contributed by atoms with E-state index in [1.807, 2.05) is 6.92 Å². The Morgan fingerprint density at radius 3 is 2.75 bits per heavy atom. The highest BCUT2D eigenvalue weighted by Gasteiger charge is 1.82. The van der Waals surface area contributed by atoms with E-state index in [4.69, 9.17) is 0 Å². The van der Waals surface area contributed by atoms with Gasteiger partial charge in [0, 0.05) is 0 Å². The molecule has 2 nitrogen and oxygen atoms in total. The molecule has 0 saturated carbocycles. The van der Waals surface area contributed by atoms with Gasteiger partial charge in [-0.15, -0.1) is 0 Å². The first kappa shape index (κ1) is 6.95. The van der Waals surface area contributed by atoms with Crippen molar-refractivity contribution in [1.82, 2.24) is 5.32 Å². The van der Waals surface area contributed by atoms with Gasteiger partial charge in [-0.05, 0) is 19.2 Å². The molecule has 1 amide bonds. The van der Waals surface area contributed by atoms with Gasteiger partial charge in [0.1, 0.15) is 0 Å². The number of carbonyl (C=O) groups excluding carboxylic acids is 1. The maximum Gasteiger partial charge on any atom is 0.247 e. The number of nitrogens with one attached hydrogen (secondary N) is 1. The molecule has 0 aliphatic carbocycles. The van der Waals surface area contributed by atoms with E-state index >= 15 is 0 Å². The summed E-state index contributed by atoms with van der Waals surface area (Å²) in [7, 11) is 0. The van der Waals surface area contributed by atoms with Crippen LogP contribution in [0.1, 0.15) is 6.92 Å². The Morgan fingerprint density at radius 1 is 1.75 bits per heavy atom. The molecule has 0 spiro atoms. The molecule has 0 aromatic rings. The van der Waals surface area contributed by atoms with Crippen LogP contribution in [0, 0.1) is 0 Å². The zero-order valence-corrected chi connectivity index (χ0v) is 4.85. The standard InChI is InChI=1S/C6H9NO/c1-3-5-7-6(8)4-2/h3-5H,2H2,1H3,(H,7,8)/b5-3-. The maximum absolute atomic E-state index is 10.3. The molecule has 0 unspecified atom stereocenters. The molecule has 0 saturated heterocycles. The fourth-order valence-corrected chi connectivity index (χ4v) is 0.224. The van der Waals surface area contributed by atoms with Crippen LogP contribution in [0.2, 0.25) is 0 Å². The summed E-state index contributed by atoms with van der Waals surface area (Å²) in [6.45, 7) is 5.09. The zero-order chi connectivity index (χ0) is 6.41. The van der Waals surface area contributed by atoms with E-state index in [2.05, 4.69) is 11.9 Å². The fourth-order valence-electron chi connectivity index (χ4n) is 0.224. The van der Waals surface area contributed by atoms with Gasteiger partial charge < -0.3 is 5.32 Å². The first-order valence-electron chi connectivity index (χ1n) is 2.35. The molecule has 2 heteroatoms. The third kappa shape index (κ3) is 3.15. The molecule has 0 radical (unpaired) electrons. The van der Waals surface area contributed by atoms with Crippen LogP contribution in [0.15, 0.2) is 24.9 Å². The van der Waals surface area contributed by atoms with Gasteiger partial charge in [0.25, 0.3) is 0 Å². The molecule has 0 rings (SSSR count). The number of rotatable bonds is 2. The lowest BCUT2D eigenvalue weighted by Gasteiger charge is -1.87. The van der Waals surface area contributed by atoms with E-state index < -0.39 is 0 Å². The second kappa shape index (κ2) is 4.12. The third-order valence-electron chi connectivity index (χ3n) is 0.578. The summed E-state index contributed by atoms with van der Waals surface area (Å²) in [6, 6.07) is 0. The smallest absolute Gasteiger partial charge is 0.247 e. The molecule has 0 aliphatic rings. The molecule has 0 aromatic carbocycles. The first-order valence-corrected chi connectivity index (χ1v) is 2.35. The predicted octanol–water partition coefficient (Wildman–Crippen LogP) is 0.822. The van der Waals surface area contributed by atoms with Gasteiger partial charge in [-0.3, -0.25) is 4.79 Å². The molecule has 0 bridgehead atoms. The fraction of sp³-hybridized carbons (Fsp3) is 0.167. The second-order valence-electron chi connectivity index (χ2n) is 1.21. The average molecular weight is 111 g/mol. The van der Waals surface area contributed by atoms with Gasteiger partial charge in [-0.2, -0.15) is 0 Å². The average Bonchev–Trinajstić information content (AvgIpc) is 1.83. The van der Waals surface area contributed by atoms with Gasteiger partial charge >= 0.3 is 0 Å². The minimum atomic E-state index is -0.178. The Balaban J connectivity index is 3.39. The van der Waals surface area contributed by atoms with Crippen LogP contribution in [0.5, 0.6) is 0 Å². The normalized spacial score (nSPS) is 9.12. The number of hydrogen-bond donors (Lipinski definition) is 1. The summed E-state index contributed by atoms with van der Waals surface area (Å²) in [5, 5.41) is 2.44. The van der Waals surface area contributed by atoms with Gasteiger partial charge in [-0.25, -0.2) is 0 Å². The van der Waals surface area contributed by atoms with E-state index in [0.717, 1.165) is 0 Å². The van der Waals surface area contributed by atoms with Crippen molar-refractivity contribution in [3.8, 4) is 0 Å². The number of allylic oxidation sites excluding steroid dienone is 1. The molecule has 1 N–H and O–H groups in total. The minimum Gasteiger partial charge on any atom is -0.329 e. The molecule has 44 valence electrons. The summed E-state index contributed by atoms with van der Waals surface area (Å²) >= 11 is 0. The van der Waals surface area contributed by atoms with E-state index in [1.54, 1.807) is 12.3 Å². The highest BCUT2D eigenvalue weighted by Crippen LogP contribution is 1.66. The highest BCUT2D eigenvalue weighted by atomic mass is 16.1.